The van der Waals surface area contributed by atoms with Crippen LogP contribution in [0.4, 0.5) is 9.18 Å². The molecule has 1 aliphatic rings. The number of carbonyl (C=O) groups is 2. The first kappa shape index (κ1) is 18.2. The number of ether oxygens (including phenoxy) is 1. The van der Waals surface area contributed by atoms with Gasteiger partial charge in [0, 0.05) is 32.7 Å². The van der Waals surface area contributed by atoms with Gasteiger partial charge < -0.3 is 20.1 Å². The van der Waals surface area contributed by atoms with Crippen LogP contribution in [-0.2, 0) is 9.53 Å². The molecule has 1 saturated heterocycles. The molecule has 6 nitrogen and oxygen atoms in total. The number of carbonyl (C=O) groups excluding carboxylic acids is 1. The van der Waals surface area contributed by atoms with E-state index in [0.717, 1.165) is 12.0 Å². The number of aliphatic carboxylic acids is 1. The van der Waals surface area contributed by atoms with Crippen molar-refractivity contribution < 1.29 is 23.8 Å². The Kier molecular flexibility index (Phi) is 6.54. The van der Waals surface area contributed by atoms with E-state index >= 15 is 0 Å². The molecule has 1 aromatic carbocycles. The first-order valence-corrected chi connectivity index (χ1v) is 8.07. The SMILES string of the molecule is CN(C(=O)NCCCC(=O)O)C1CCOC(c2ccc(F)cc2)C1. The quantitative estimate of drug-likeness (QED) is 0.781. The van der Waals surface area contributed by atoms with E-state index in [4.69, 9.17) is 9.84 Å². The zero-order valence-corrected chi connectivity index (χ0v) is 13.7. The van der Waals surface area contributed by atoms with Gasteiger partial charge in [-0.2, -0.15) is 0 Å². The molecule has 1 aromatic rings. The molecule has 7 heteroatoms. The van der Waals surface area contributed by atoms with Crippen LogP contribution in [0.2, 0.25) is 0 Å². The number of hydrogen-bond acceptors (Lipinski definition) is 3. The number of nitrogens with zero attached hydrogens (tertiary/aromatic N) is 1. The van der Waals surface area contributed by atoms with Gasteiger partial charge in [-0.15, -0.1) is 0 Å². The lowest BCUT2D eigenvalue weighted by atomic mass is 9.97. The predicted octanol–water partition coefficient (Wildman–Crippen LogP) is 2.55. The first-order chi connectivity index (χ1) is 11.5. The summed E-state index contributed by atoms with van der Waals surface area (Å²) in [5, 5.41) is 11.3. The second kappa shape index (κ2) is 8.63. The van der Waals surface area contributed by atoms with Gasteiger partial charge in [0.05, 0.1) is 6.10 Å². The molecule has 0 bridgehead atoms. The summed E-state index contributed by atoms with van der Waals surface area (Å²) in [6.45, 7) is 0.865. The van der Waals surface area contributed by atoms with Crippen molar-refractivity contribution >= 4 is 12.0 Å². The molecule has 24 heavy (non-hydrogen) atoms. The zero-order valence-electron chi connectivity index (χ0n) is 13.7. The number of rotatable bonds is 6. The van der Waals surface area contributed by atoms with Crippen LogP contribution >= 0.6 is 0 Å². The Bertz CT molecular complexity index is 564. The van der Waals surface area contributed by atoms with Crippen molar-refractivity contribution in [3.05, 3.63) is 35.6 Å². The maximum Gasteiger partial charge on any atom is 0.317 e. The molecule has 132 valence electrons. The average molecular weight is 338 g/mol. The summed E-state index contributed by atoms with van der Waals surface area (Å²) in [5.74, 6) is -1.16. The average Bonchev–Trinajstić information content (AvgIpc) is 2.58. The van der Waals surface area contributed by atoms with Crippen LogP contribution in [0.5, 0.6) is 0 Å². The molecule has 2 N–H and O–H groups in total. The van der Waals surface area contributed by atoms with Crippen LogP contribution in [0.25, 0.3) is 0 Å². The molecule has 0 aliphatic carbocycles. The predicted molar refractivity (Wildman–Crippen MR) is 86.1 cm³/mol. The van der Waals surface area contributed by atoms with Gasteiger partial charge in [-0.25, -0.2) is 9.18 Å². The third kappa shape index (κ3) is 5.19. The Labute approximate surface area is 140 Å². The van der Waals surface area contributed by atoms with Gasteiger partial charge in [0.1, 0.15) is 5.82 Å². The molecular formula is C17H23FN2O4. The van der Waals surface area contributed by atoms with Gasteiger partial charge in [-0.1, -0.05) is 12.1 Å². The lowest BCUT2D eigenvalue weighted by Crippen LogP contribution is -2.46. The zero-order chi connectivity index (χ0) is 17.5. The van der Waals surface area contributed by atoms with Gasteiger partial charge in [0.25, 0.3) is 0 Å². The lowest BCUT2D eigenvalue weighted by molar-refractivity contribution is -0.137. The van der Waals surface area contributed by atoms with Crippen LogP contribution in [0.1, 0.15) is 37.4 Å². The van der Waals surface area contributed by atoms with E-state index in [1.165, 1.54) is 12.1 Å². The lowest BCUT2D eigenvalue weighted by Gasteiger charge is -2.35. The number of carboxylic acids is 1. The van der Waals surface area contributed by atoms with Crippen molar-refractivity contribution in [2.24, 2.45) is 0 Å². The number of benzene rings is 1. The van der Waals surface area contributed by atoms with Crippen LogP contribution < -0.4 is 5.32 Å². The summed E-state index contributed by atoms with van der Waals surface area (Å²) in [5.41, 5.74) is 0.899. The third-order valence-corrected chi connectivity index (χ3v) is 4.21. The Hall–Kier alpha value is -2.15. The molecule has 2 atom stereocenters. The summed E-state index contributed by atoms with van der Waals surface area (Å²) in [6, 6.07) is 6.02. The second-order valence-corrected chi connectivity index (χ2v) is 5.93. The number of carboxylic acid groups (broad SMARTS) is 1. The number of nitrogens with one attached hydrogen (secondary N) is 1. The highest BCUT2D eigenvalue weighted by molar-refractivity contribution is 5.74. The first-order valence-electron chi connectivity index (χ1n) is 8.07. The number of urea groups is 1. The van der Waals surface area contributed by atoms with Crippen LogP contribution in [0, 0.1) is 5.82 Å². The molecule has 2 amide bonds. The van der Waals surface area contributed by atoms with Crippen molar-refractivity contribution in [1.82, 2.24) is 10.2 Å². The minimum Gasteiger partial charge on any atom is -0.481 e. The third-order valence-electron chi connectivity index (χ3n) is 4.21. The van der Waals surface area contributed by atoms with Gasteiger partial charge in [-0.05, 0) is 37.0 Å². The molecule has 1 fully saturated rings. The van der Waals surface area contributed by atoms with Crippen molar-refractivity contribution in [1.29, 1.82) is 0 Å². The highest BCUT2D eigenvalue weighted by atomic mass is 19.1. The van der Waals surface area contributed by atoms with Crippen LogP contribution in [0.15, 0.2) is 24.3 Å². The van der Waals surface area contributed by atoms with E-state index in [0.29, 0.717) is 26.0 Å². The standard InChI is InChI=1S/C17H23FN2O4/c1-20(17(23)19-9-2-3-16(21)22)14-8-10-24-15(11-14)12-4-6-13(18)7-5-12/h4-7,14-15H,2-3,8-11H2,1H3,(H,19,23)(H,21,22). The maximum absolute atomic E-state index is 13.0. The molecule has 0 saturated carbocycles. The fraction of sp³-hybridized carbons (Fsp3) is 0.529. The van der Waals surface area contributed by atoms with E-state index in [1.807, 2.05) is 0 Å². The topological polar surface area (TPSA) is 78.9 Å². The molecule has 2 unspecified atom stereocenters. The van der Waals surface area contributed by atoms with Crippen molar-refractivity contribution in [3.8, 4) is 0 Å². The van der Waals surface area contributed by atoms with E-state index in [9.17, 15) is 14.0 Å². The van der Waals surface area contributed by atoms with E-state index in [-0.39, 0.29) is 30.4 Å². The van der Waals surface area contributed by atoms with Crippen molar-refractivity contribution in [2.75, 3.05) is 20.2 Å². The minimum absolute atomic E-state index is 0.0216. The highest BCUT2D eigenvalue weighted by Crippen LogP contribution is 2.30. The maximum atomic E-state index is 13.0. The molecule has 0 aromatic heterocycles. The summed E-state index contributed by atoms with van der Waals surface area (Å²) >= 11 is 0. The minimum atomic E-state index is -0.871. The number of hydrogen-bond donors (Lipinski definition) is 2. The fourth-order valence-electron chi connectivity index (χ4n) is 2.77. The Morgan fingerprint density at radius 2 is 2.08 bits per heavy atom. The van der Waals surface area contributed by atoms with Crippen molar-refractivity contribution in [3.63, 3.8) is 0 Å². The molecule has 1 heterocycles. The summed E-state index contributed by atoms with van der Waals surface area (Å²) in [7, 11) is 1.73. The van der Waals surface area contributed by atoms with Crippen LogP contribution in [-0.4, -0.2) is 48.2 Å². The van der Waals surface area contributed by atoms with E-state index in [2.05, 4.69) is 5.32 Å². The summed E-state index contributed by atoms with van der Waals surface area (Å²) in [4.78, 5) is 24.2. The van der Waals surface area contributed by atoms with Gasteiger partial charge >= 0.3 is 12.0 Å². The summed E-state index contributed by atoms with van der Waals surface area (Å²) in [6.07, 6.45) is 1.66. The highest BCUT2D eigenvalue weighted by Gasteiger charge is 2.28. The Morgan fingerprint density at radius 3 is 2.75 bits per heavy atom. The smallest absolute Gasteiger partial charge is 0.317 e. The van der Waals surface area contributed by atoms with Gasteiger partial charge in [0.15, 0.2) is 0 Å². The van der Waals surface area contributed by atoms with Gasteiger partial charge in [-0.3, -0.25) is 4.79 Å². The normalized spacial score (nSPS) is 20.4. The molecule has 1 aliphatic heterocycles. The monoisotopic (exact) mass is 338 g/mol. The Morgan fingerprint density at radius 1 is 1.38 bits per heavy atom. The molecule has 0 radical (unpaired) electrons. The number of amides is 2. The second-order valence-electron chi connectivity index (χ2n) is 5.93. The molecular weight excluding hydrogens is 315 g/mol. The largest absolute Gasteiger partial charge is 0.481 e. The fourth-order valence-corrected chi connectivity index (χ4v) is 2.77. The van der Waals surface area contributed by atoms with Gasteiger partial charge in [0.2, 0.25) is 0 Å². The van der Waals surface area contributed by atoms with Crippen LogP contribution in [0.3, 0.4) is 0 Å². The van der Waals surface area contributed by atoms with E-state index < -0.39 is 5.97 Å². The number of halogens is 1. The van der Waals surface area contributed by atoms with Crippen molar-refractivity contribution in [2.45, 2.75) is 37.8 Å². The molecule has 0 spiro atoms. The Balaban J connectivity index is 1.85. The van der Waals surface area contributed by atoms with E-state index in [1.54, 1.807) is 24.1 Å². The summed E-state index contributed by atoms with van der Waals surface area (Å²) < 4.78 is 18.8. The molecule has 2 rings (SSSR count).